The van der Waals surface area contributed by atoms with Gasteiger partial charge < -0.3 is 4.42 Å². The number of benzene rings is 3. The molecule has 112 valence electrons. The molecular weight excluding hydrogens is 420 g/mol. The largest absolute Gasteiger partial charge is 0.456 e. The Balaban J connectivity index is 2.01. The minimum absolute atomic E-state index is 0.00354. The highest BCUT2D eigenvalue weighted by Crippen LogP contribution is 2.30. The van der Waals surface area contributed by atoms with Crippen LogP contribution in [-0.2, 0) is 0 Å². The zero-order chi connectivity index (χ0) is 16.0. The highest BCUT2D eigenvalue weighted by molar-refractivity contribution is 9.11. The van der Waals surface area contributed by atoms with Crippen molar-refractivity contribution in [2.75, 3.05) is 0 Å². The SMILES string of the molecule is O=c1c2ccccc2oc2cc(-c3cc(Br)cc(Br)c3)ccc12. The number of para-hydroxylation sites is 1. The topological polar surface area (TPSA) is 30.2 Å². The molecule has 0 spiro atoms. The summed E-state index contributed by atoms with van der Waals surface area (Å²) in [6.07, 6.45) is 0. The van der Waals surface area contributed by atoms with Crippen LogP contribution in [-0.4, -0.2) is 0 Å². The van der Waals surface area contributed by atoms with Crippen molar-refractivity contribution >= 4 is 53.8 Å². The summed E-state index contributed by atoms with van der Waals surface area (Å²) in [7, 11) is 0. The molecule has 0 N–H and O–H groups in total. The molecule has 0 saturated heterocycles. The second kappa shape index (κ2) is 5.62. The van der Waals surface area contributed by atoms with Crippen LogP contribution in [0.3, 0.4) is 0 Å². The fourth-order valence-electron chi connectivity index (χ4n) is 2.70. The molecule has 0 amide bonds. The Hall–Kier alpha value is -1.91. The molecule has 1 aromatic heterocycles. The minimum atomic E-state index is 0.00354. The minimum Gasteiger partial charge on any atom is -0.456 e. The van der Waals surface area contributed by atoms with Crippen LogP contribution < -0.4 is 5.43 Å². The van der Waals surface area contributed by atoms with Gasteiger partial charge in [-0.15, -0.1) is 0 Å². The summed E-state index contributed by atoms with van der Waals surface area (Å²) in [5.41, 5.74) is 3.26. The fraction of sp³-hybridized carbons (Fsp3) is 0. The number of hydrogen-bond acceptors (Lipinski definition) is 2. The van der Waals surface area contributed by atoms with E-state index in [1.165, 1.54) is 0 Å². The second-order valence-electron chi connectivity index (χ2n) is 5.30. The van der Waals surface area contributed by atoms with Gasteiger partial charge in [0, 0.05) is 8.95 Å². The standard InChI is InChI=1S/C19H10Br2O2/c20-13-7-12(8-14(21)10-13)11-5-6-16-18(9-11)23-17-4-2-1-3-15(17)19(16)22/h1-10H. The van der Waals surface area contributed by atoms with Crippen LogP contribution in [0.2, 0.25) is 0 Å². The molecule has 0 saturated carbocycles. The van der Waals surface area contributed by atoms with Crippen molar-refractivity contribution in [2.24, 2.45) is 0 Å². The summed E-state index contributed by atoms with van der Waals surface area (Å²) < 4.78 is 7.90. The quantitative estimate of drug-likeness (QED) is 0.340. The third-order valence-electron chi connectivity index (χ3n) is 3.77. The lowest BCUT2D eigenvalue weighted by Gasteiger charge is -2.06. The van der Waals surface area contributed by atoms with Gasteiger partial charge in [0.1, 0.15) is 11.2 Å². The molecule has 4 aromatic rings. The Morgan fingerprint density at radius 3 is 2.17 bits per heavy atom. The molecule has 3 aromatic carbocycles. The number of rotatable bonds is 1. The van der Waals surface area contributed by atoms with Gasteiger partial charge in [-0.3, -0.25) is 4.79 Å². The maximum Gasteiger partial charge on any atom is 0.200 e. The molecule has 0 unspecified atom stereocenters. The summed E-state index contributed by atoms with van der Waals surface area (Å²) in [4.78, 5) is 12.6. The Kier molecular flexibility index (Phi) is 3.58. The van der Waals surface area contributed by atoms with Crippen molar-refractivity contribution in [2.45, 2.75) is 0 Å². The molecule has 0 aliphatic heterocycles. The van der Waals surface area contributed by atoms with Gasteiger partial charge in [0.05, 0.1) is 10.8 Å². The van der Waals surface area contributed by atoms with E-state index in [0.29, 0.717) is 21.9 Å². The van der Waals surface area contributed by atoms with Gasteiger partial charge in [-0.2, -0.15) is 0 Å². The van der Waals surface area contributed by atoms with Gasteiger partial charge in [-0.25, -0.2) is 0 Å². The monoisotopic (exact) mass is 428 g/mol. The zero-order valence-corrected chi connectivity index (χ0v) is 15.0. The second-order valence-corrected chi connectivity index (χ2v) is 7.13. The zero-order valence-electron chi connectivity index (χ0n) is 11.8. The molecule has 2 nitrogen and oxygen atoms in total. The van der Waals surface area contributed by atoms with Crippen LogP contribution in [0, 0.1) is 0 Å². The first-order valence-corrected chi connectivity index (χ1v) is 8.62. The van der Waals surface area contributed by atoms with E-state index in [-0.39, 0.29) is 5.43 Å². The van der Waals surface area contributed by atoms with Gasteiger partial charge in [0.25, 0.3) is 0 Å². The van der Waals surface area contributed by atoms with Crippen molar-refractivity contribution in [3.63, 3.8) is 0 Å². The molecule has 0 bridgehead atoms. The van der Waals surface area contributed by atoms with E-state index in [1.807, 2.05) is 54.6 Å². The Morgan fingerprint density at radius 2 is 1.39 bits per heavy atom. The third-order valence-corrected chi connectivity index (χ3v) is 4.69. The van der Waals surface area contributed by atoms with Crippen LogP contribution in [0.25, 0.3) is 33.1 Å². The van der Waals surface area contributed by atoms with Gasteiger partial charge in [0.2, 0.25) is 5.43 Å². The van der Waals surface area contributed by atoms with E-state index < -0.39 is 0 Å². The predicted molar refractivity (Wildman–Crippen MR) is 101 cm³/mol. The normalized spacial score (nSPS) is 11.2. The van der Waals surface area contributed by atoms with E-state index in [1.54, 1.807) is 6.07 Å². The van der Waals surface area contributed by atoms with Gasteiger partial charge in [-0.05, 0) is 53.6 Å². The lowest BCUT2D eigenvalue weighted by Crippen LogP contribution is -2.01. The molecule has 0 aliphatic carbocycles. The van der Waals surface area contributed by atoms with Crippen LogP contribution >= 0.6 is 31.9 Å². The highest BCUT2D eigenvalue weighted by atomic mass is 79.9. The highest BCUT2D eigenvalue weighted by Gasteiger charge is 2.09. The molecule has 0 atom stereocenters. The number of fused-ring (bicyclic) bond motifs is 2. The van der Waals surface area contributed by atoms with E-state index in [0.717, 1.165) is 20.1 Å². The van der Waals surface area contributed by atoms with Crippen molar-refractivity contribution in [3.8, 4) is 11.1 Å². The van der Waals surface area contributed by atoms with Crippen molar-refractivity contribution in [1.29, 1.82) is 0 Å². The number of halogens is 2. The average Bonchev–Trinajstić information content (AvgIpc) is 2.54. The van der Waals surface area contributed by atoms with E-state index >= 15 is 0 Å². The molecule has 1 heterocycles. The van der Waals surface area contributed by atoms with Crippen LogP contribution in [0.5, 0.6) is 0 Å². The molecule has 23 heavy (non-hydrogen) atoms. The Labute approximate surface area is 149 Å². The molecule has 4 rings (SSSR count). The first kappa shape index (κ1) is 14.7. The summed E-state index contributed by atoms with van der Waals surface area (Å²) in [6, 6.07) is 19.1. The Bertz CT molecular complexity index is 1090. The maximum atomic E-state index is 12.6. The van der Waals surface area contributed by atoms with Gasteiger partial charge in [-0.1, -0.05) is 50.1 Å². The summed E-state index contributed by atoms with van der Waals surface area (Å²) in [6.45, 7) is 0. The van der Waals surface area contributed by atoms with Crippen molar-refractivity contribution in [3.05, 3.63) is 79.8 Å². The van der Waals surface area contributed by atoms with Crippen molar-refractivity contribution < 1.29 is 4.42 Å². The molecule has 0 aliphatic rings. The number of hydrogen-bond donors (Lipinski definition) is 0. The first-order chi connectivity index (χ1) is 11.1. The third kappa shape index (κ3) is 2.62. The summed E-state index contributed by atoms with van der Waals surface area (Å²) >= 11 is 7.00. The summed E-state index contributed by atoms with van der Waals surface area (Å²) in [5, 5.41) is 1.21. The lowest BCUT2D eigenvalue weighted by molar-refractivity contribution is 0.660. The molecular formula is C19H10Br2O2. The predicted octanol–water partition coefficient (Wildman–Crippen LogP) is 6.14. The Morgan fingerprint density at radius 1 is 0.696 bits per heavy atom. The van der Waals surface area contributed by atoms with Crippen LogP contribution in [0.1, 0.15) is 0 Å². The smallest absolute Gasteiger partial charge is 0.200 e. The maximum absolute atomic E-state index is 12.6. The fourth-order valence-corrected chi connectivity index (χ4v) is 3.99. The molecule has 0 radical (unpaired) electrons. The molecule has 0 fully saturated rings. The van der Waals surface area contributed by atoms with E-state index in [4.69, 9.17) is 4.42 Å². The average molecular weight is 430 g/mol. The van der Waals surface area contributed by atoms with Crippen LogP contribution in [0.4, 0.5) is 0 Å². The molecule has 4 heteroatoms. The van der Waals surface area contributed by atoms with Gasteiger partial charge >= 0.3 is 0 Å². The lowest BCUT2D eigenvalue weighted by atomic mass is 10.0. The van der Waals surface area contributed by atoms with Crippen LogP contribution in [0.15, 0.2) is 78.8 Å². The van der Waals surface area contributed by atoms with Crippen molar-refractivity contribution in [1.82, 2.24) is 0 Å². The van der Waals surface area contributed by atoms with E-state index in [2.05, 4.69) is 31.9 Å². The van der Waals surface area contributed by atoms with Gasteiger partial charge in [0.15, 0.2) is 0 Å². The summed E-state index contributed by atoms with van der Waals surface area (Å²) in [5.74, 6) is 0. The van der Waals surface area contributed by atoms with E-state index in [9.17, 15) is 4.79 Å². The first-order valence-electron chi connectivity index (χ1n) is 7.04.